The van der Waals surface area contributed by atoms with Crippen molar-refractivity contribution in [3.8, 4) is 0 Å². The number of hydrogen-bond donors (Lipinski definition) is 2. The second-order valence-electron chi connectivity index (χ2n) is 5.74. The number of carboxylic acids is 1. The fourth-order valence-electron chi connectivity index (χ4n) is 2.19. The predicted octanol–water partition coefficient (Wildman–Crippen LogP) is 1.09. The summed E-state index contributed by atoms with van der Waals surface area (Å²) in [4.78, 5) is 25.1. The molecule has 18 heavy (non-hydrogen) atoms. The quantitative estimate of drug-likeness (QED) is 0.790. The lowest BCUT2D eigenvalue weighted by molar-refractivity contribution is -0.151. The minimum atomic E-state index is -0.735. The zero-order valence-electron chi connectivity index (χ0n) is 11.7. The smallest absolute Gasteiger partial charge is 0.309 e. The minimum Gasteiger partial charge on any atom is -0.481 e. The molecule has 1 saturated heterocycles. The van der Waals surface area contributed by atoms with E-state index in [1.165, 1.54) is 0 Å². The highest BCUT2D eigenvalue weighted by Gasteiger charge is 2.38. The van der Waals surface area contributed by atoms with E-state index in [2.05, 4.69) is 10.2 Å². The van der Waals surface area contributed by atoms with Gasteiger partial charge >= 0.3 is 5.97 Å². The molecular weight excluding hydrogens is 232 g/mol. The molecule has 2 N–H and O–H groups in total. The van der Waals surface area contributed by atoms with Crippen molar-refractivity contribution < 1.29 is 14.7 Å². The summed E-state index contributed by atoms with van der Waals surface area (Å²) in [5.41, 5.74) is -0.634. The first-order chi connectivity index (χ1) is 8.26. The number of amides is 1. The van der Waals surface area contributed by atoms with E-state index in [4.69, 9.17) is 5.11 Å². The zero-order chi connectivity index (χ0) is 13.9. The van der Waals surface area contributed by atoms with Crippen LogP contribution in [0.2, 0.25) is 0 Å². The molecule has 104 valence electrons. The van der Waals surface area contributed by atoms with E-state index in [1.807, 2.05) is 20.8 Å². The van der Waals surface area contributed by atoms with Gasteiger partial charge in [0.05, 0.1) is 11.5 Å². The molecule has 5 nitrogen and oxygen atoms in total. The van der Waals surface area contributed by atoms with Crippen molar-refractivity contribution in [2.24, 2.45) is 5.41 Å². The Morgan fingerprint density at radius 1 is 1.22 bits per heavy atom. The van der Waals surface area contributed by atoms with Crippen molar-refractivity contribution in [2.45, 2.75) is 52.6 Å². The third kappa shape index (κ3) is 3.45. The summed E-state index contributed by atoms with van der Waals surface area (Å²) >= 11 is 0. The van der Waals surface area contributed by atoms with E-state index < -0.39 is 11.4 Å². The van der Waals surface area contributed by atoms with Crippen LogP contribution in [0.3, 0.4) is 0 Å². The molecule has 0 saturated carbocycles. The lowest BCUT2D eigenvalue weighted by Crippen LogP contribution is -2.52. The summed E-state index contributed by atoms with van der Waals surface area (Å²) in [7, 11) is 0. The number of nitrogens with zero attached hydrogens (tertiary/aromatic N) is 1. The summed E-state index contributed by atoms with van der Waals surface area (Å²) in [6.07, 6.45) is 1.20. The number of aliphatic carboxylic acids is 1. The lowest BCUT2D eigenvalue weighted by atomic mass is 9.80. The monoisotopic (exact) mass is 256 g/mol. The Bertz CT molecular complexity index is 320. The van der Waals surface area contributed by atoms with Gasteiger partial charge in [-0.3, -0.25) is 14.5 Å². The molecule has 0 aromatic carbocycles. The summed E-state index contributed by atoms with van der Waals surface area (Å²) in [5.74, 6) is -0.717. The SMILES string of the molecule is CC(C)NC(=O)C(C)N1CCC(C)(C(=O)O)CC1. The van der Waals surface area contributed by atoms with Gasteiger partial charge in [0.1, 0.15) is 0 Å². The van der Waals surface area contributed by atoms with E-state index in [0.29, 0.717) is 25.9 Å². The molecule has 1 unspecified atom stereocenters. The summed E-state index contributed by atoms with van der Waals surface area (Å²) in [6.45, 7) is 8.85. The Balaban J connectivity index is 2.52. The Morgan fingerprint density at radius 2 is 1.72 bits per heavy atom. The maximum absolute atomic E-state index is 11.9. The molecule has 0 aromatic heterocycles. The third-order valence-corrected chi connectivity index (χ3v) is 3.78. The topological polar surface area (TPSA) is 69.6 Å². The summed E-state index contributed by atoms with van der Waals surface area (Å²) in [6, 6.07) is -0.0558. The van der Waals surface area contributed by atoms with Crippen molar-refractivity contribution in [1.29, 1.82) is 0 Å². The molecule has 1 fully saturated rings. The molecule has 0 radical (unpaired) electrons. The van der Waals surface area contributed by atoms with E-state index >= 15 is 0 Å². The lowest BCUT2D eigenvalue weighted by Gasteiger charge is -2.39. The van der Waals surface area contributed by atoms with Crippen molar-refractivity contribution in [3.05, 3.63) is 0 Å². The predicted molar refractivity (Wildman–Crippen MR) is 69.3 cm³/mol. The normalized spacial score (nSPS) is 21.6. The Morgan fingerprint density at radius 3 is 2.11 bits per heavy atom. The minimum absolute atomic E-state index is 0.0175. The van der Waals surface area contributed by atoms with E-state index in [0.717, 1.165) is 0 Å². The van der Waals surface area contributed by atoms with Crippen molar-refractivity contribution in [3.63, 3.8) is 0 Å². The van der Waals surface area contributed by atoms with E-state index in [1.54, 1.807) is 6.92 Å². The number of carbonyl (C=O) groups excluding carboxylic acids is 1. The van der Waals surface area contributed by atoms with Crippen LogP contribution >= 0.6 is 0 Å². The van der Waals surface area contributed by atoms with E-state index in [-0.39, 0.29) is 18.0 Å². The van der Waals surface area contributed by atoms with Gasteiger partial charge in [-0.1, -0.05) is 0 Å². The van der Waals surface area contributed by atoms with Crippen LogP contribution in [0.25, 0.3) is 0 Å². The van der Waals surface area contributed by atoms with Crippen LogP contribution in [0.15, 0.2) is 0 Å². The highest BCUT2D eigenvalue weighted by Crippen LogP contribution is 2.31. The average molecular weight is 256 g/mol. The fraction of sp³-hybridized carbons (Fsp3) is 0.846. The highest BCUT2D eigenvalue weighted by molar-refractivity contribution is 5.81. The van der Waals surface area contributed by atoms with Crippen molar-refractivity contribution in [1.82, 2.24) is 10.2 Å². The van der Waals surface area contributed by atoms with Crippen LogP contribution in [-0.2, 0) is 9.59 Å². The maximum atomic E-state index is 11.9. The number of carbonyl (C=O) groups is 2. The van der Waals surface area contributed by atoms with Gasteiger partial charge in [0, 0.05) is 6.04 Å². The molecule has 0 spiro atoms. The first kappa shape index (κ1) is 15.0. The van der Waals surface area contributed by atoms with Crippen LogP contribution < -0.4 is 5.32 Å². The molecule has 0 aliphatic carbocycles. The first-order valence-electron chi connectivity index (χ1n) is 6.54. The molecule has 5 heteroatoms. The standard InChI is InChI=1S/C13H24N2O3/c1-9(2)14-11(16)10(3)15-7-5-13(4,6-8-15)12(17)18/h9-10H,5-8H2,1-4H3,(H,14,16)(H,17,18). The molecule has 0 aromatic rings. The molecular formula is C13H24N2O3. The second kappa shape index (κ2) is 5.69. The average Bonchev–Trinajstić information content (AvgIpc) is 2.28. The molecule has 1 aliphatic heterocycles. The largest absolute Gasteiger partial charge is 0.481 e. The van der Waals surface area contributed by atoms with Gasteiger partial charge in [-0.15, -0.1) is 0 Å². The summed E-state index contributed by atoms with van der Waals surface area (Å²) in [5, 5.41) is 12.0. The second-order valence-corrected chi connectivity index (χ2v) is 5.74. The zero-order valence-corrected chi connectivity index (χ0v) is 11.7. The molecule has 1 heterocycles. The Kier molecular flexibility index (Phi) is 4.73. The van der Waals surface area contributed by atoms with Gasteiger partial charge in [-0.25, -0.2) is 0 Å². The van der Waals surface area contributed by atoms with Gasteiger partial charge in [0.15, 0.2) is 0 Å². The Labute approximate surface area is 109 Å². The number of rotatable bonds is 4. The maximum Gasteiger partial charge on any atom is 0.309 e. The molecule has 1 amide bonds. The fourth-order valence-corrected chi connectivity index (χ4v) is 2.19. The van der Waals surface area contributed by atoms with Crippen LogP contribution in [-0.4, -0.2) is 47.1 Å². The van der Waals surface area contributed by atoms with Crippen LogP contribution in [0.1, 0.15) is 40.5 Å². The van der Waals surface area contributed by atoms with E-state index in [9.17, 15) is 9.59 Å². The molecule has 1 aliphatic rings. The first-order valence-corrected chi connectivity index (χ1v) is 6.54. The molecule has 0 bridgehead atoms. The van der Waals surface area contributed by atoms with Gasteiger partial charge in [0.2, 0.25) is 5.91 Å². The van der Waals surface area contributed by atoms with Gasteiger partial charge in [-0.05, 0) is 53.6 Å². The molecule has 1 atom stereocenters. The van der Waals surface area contributed by atoms with Crippen molar-refractivity contribution >= 4 is 11.9 Å². The van der Waals surface area contributed by atoms with Crippen LogP contribution in [0, 0.1) is 5.41 Å². The molecule has 1 rings (SSSR count). The highest BCUT2D eigenvalue weighted by atomic mass is 16.4. The van der Waals surface area contributed by atoms with Gasteiger partial charge in [-0.2, -0.15) is 0 Å². The van der Waals surface area contributed by atoms with Gasteiger partial charge in [0.25, 0.3) is 0 Å². The van der Waals surface area contributed by atoms with Crippen LogP contribution in [0.4, 0.5) is 0 Å². The number of carboxylic acid groups (broad SMARTS) is 1. The number of hydrogen-bond acceptors (Lipinski definition) is 3. The van der Waals surface area contributed by atoms with Crippen LogP contribution in [0.5, 0.6) is 0 Å². The van der Waals surface area contributed by atoms with Gasteiger partial charge < -0.3 is 10.4 Å². The number of nitrogens with one attached hydrogen (secondary N) is 1. The third-order valence-electron chi connectivity index (χ3n) is 3.78. The summed E-state index contributed by atoms with van der Waals surface area (Å²) < 4.78 is 0. The number of likely N-dealkylation sites (tertiary alicyclic amines) is 1. The van der Waals surface area contributed by atoms with Crippen molar-refractivity contribution in [2.75, 3.05) is 13.1 Å². The Hall–Kier alpha value is -1.10. The number of piperidine rings is 1.